The van der Waals surface area contributed by atoms with E-state index in [0.29, 0.717) is 0 Å². The Morgan fingerprint density at radius 1 is 1.37 bits per heavy atom. The quantitative estimate of drug-likeness (QED) is 0.575. The van der Waals surface area contributed by atoms with Crippen LogP contribution in [0.5, 0.6) is 0 Å². The van der Waals surface area contributed by atoms with Crippen LogP contribution in [0.1, 0.15) is 40.5 Å². The van der Waals surface area contributed by atoms with Gasteiger partial charge in [0.05, 0.1) is 17.6 Å². The first-order chi connectivity index (χ1) is 8.55. The van der Waals surface area contributed by atoms with Crippen LogP contribution in [0.25, 0.3) is 0 Å². The molecule has 0 saturated carbocycles. The van der Waals surface area contributed by atoms with Gasteiger partial charge >= 0.3 is 5.97 Å². The molecule has 0 aromatic rings. The van der Waals surface area contributed by atoms with Gasteiger partial charge in [-0.1, -0.05) is 6.92 Å². The highest BCUT2D eigenvalue weighted by atomic mass is 28.4. The summed E-state index contributed by atoms with van der Waals surface area (Å²) in [5.74, 6) is -0.205. The molecule has 0 aliphatic carbocycles. The summed E-state index contributed by atoms with van der Waals surface area (Å²) in [5, 5.41) is 0. The molecule has 112 valence electrons. The van der Waals surface area contributed by atoms with Crippen LogP contribution in [0.4, 0.5) is 0 Å². The Balaban J connectivity index is 2.84. The van der Waals surface area contributed by atoms with Gasteiger partial charge in [-0.25, -0.2) is 0 Å². The number of esters is 1. The van der Waals surface area contributed by atoms with Gasteiger partial charge in [0.25, 0.3) is 0 Å². The van der Waals surface area contributed by atoms with E-state index in [2.05, 4.69) is 40.4 Å². The fourth-order valence-electron chi connectivity index (χ4n) is 2.75. The number of carbonyl (C=O) groups is 1. The maximum atomic E-state index is 11.2. The zero-order valence-electron chi connectivity index (χ0n) is 13.3. The minimum atomic E-state index is -1.66. The van der Waals surface area contributed by atoms with Crippen molar-refractivity contribution in [3.8, 4) is 0 Å². The number of rotatable bonds is 5. The molecule has 19 heavy (non-hydrogen) atoms. The Labute approximate surface area is 117 Å². The molecule has 0 N–H and O–H groups in total. The lowest BCUT2D eigenvalue weighted by Crippen LogP contribution is -2.47. The van der Waals surface area contributed by atoms with Gasteiger partial charge in [0.1, 0.15) is 0 Å². The Kier molecular flexibility index (Phi) is 5.20. The molecule has 1 saturated heterocycles. The molecule has 1 heterocycles. The smallest absolute Gasteiger partial charge is 0.304 e. The fourth-order valence-corrected chi connectivity index (χ4v) is 4.48. The van der Waals surface area contributed by atoms with E-state index in [0.717, 1.165) is 12.8 Å². The van der Waals surface area contributed by atoms with Crippen LogP contribution in [-0.4, -0.2) is 32.3 Å². The second-order valence-corrected chi connectivity index (χ2v) is 11.2. The minimum Gasteiger partial charge on any atom is -0.436 e. The summed E-state index contributed by atoms with van der Waals surface area (Å²) in [5.41, 5.74) is -0.339. The first-order valence-corrected chi connectivity index (χ1v) is 10.5. The standard InChI is InChI=1S/C14H28O4Si/c1-8-11-9-12(13(17-11)16-10(2)15)14(3,4)18-19(5,6)7/h11-13H,8-9H2,1-7H3/t11-,12-,13?/m1/s1. The molecule has 1 aliphatic rings. The van der Waals surface area contributed by atoms with Crippen LogP contribution in [-0.2, 0) is 18.7 Å². The summed E-state index contributed by atoms with van der Waals surface area (Å²) in [4.78, 5) is 11.2. The average molecular weight is 288 g/mol. The molecule has 0 bridgehead atoms. The summed E-state index contributed by atoms with van der Waals surface area (Å²) in [6.07, 6.45) is 1.48. The van der Waals surface area contributed by atoms with Crippen LogP contribution >= 0.6 is 0 Å². The third-order valence-electron chi connectivity index (χ3n) is 3.37. The van der Waals surface area contributed by atoms with Crippen LogP contribution in [0.3, 0.4) is 0 Å². The molecule has 1 aliphatic heterocycles. The second kappa shape index (κ2) is 5.93. The highest BCUT2D eigenvalue weighted by Crippen LogP contribution is 2.39. The Morgan fingerprint density at radius 2 is 1.95 bits per heavy atom. The molecule has 0 spiro atoms. The van der Waals surface area contributed by atoms with Crippen molar-refractivity contribution in [2.45, 2.75) is 78.2 Å². The maximum Gasteiger partial charge on any atom is 0.304 e. The summed E-state index contributed by atoms with van der Waals surface area (Å²) in [6.45, 7) is 14.2. The number of ether oxygens (including phenoxy) is 2. The summed E-state index contributed by atoms with van der Waals surface area (Å²) in [6, 6.07) is 0. The Hall–Kier alpha value is -0.393. The van der Waals surface area contributed by atoms with Crippen LogP contribution in [0.2, 0.25) is 19.6 Å². The number of carbonyl (C=O) groups excluding carboxylic acids is 1. The number of hydrogen-bond acceptors (Lipinski definition) is 4. The minimum absolute atomic E-state index is 0.0908. The van der Waals surface area contributed by atoms with Crippen molar-refractivity contribution >= 4 is 14.3 Å². The van der Waals surface area contributed by atoms with Gasteiger partial charge in [-0.2, -0.15) is 0 Å². The lowest BCUT2D eigenvalue weighted by Gasteiger charge is -2.39. The normalized spacial score (nSPS) is 28.5. The van der Waals surface area contributed by atoms with Gasteiger partial charge < -0.3 is 13.9 Å². The molecule has 0 aromatic heterocycles. The molecule has 5 heteroatoms. The predicted molar refractivity (Wildman–Crippen MR) is 77.3 cm³/mol. The first kappa shape index (κ1) is 16.7. The topological polar surface area (TPSA) is 44.8 Å². The van der Waals surface area contributed by atoms with E-state index < -0.39 is 14.6 Å². The lowest BCUT2D eigenvalue weighted by atomic mass is 9.87. The Bertz CT molecular complexity index is 322. The Morgan fingerprint density at radius 3 is 2.37 bits per heavy atom. The van der Waals surface area contributed by atoms with Crippen molar-refractivity contribution in [3.63, 3.8) is 0 Å². The largest absolute Gasteiger partial charge is 0.436 e. The lowest BCUT2D eigenvalue weighted by molar-refractivity contribution is -0.188. The van der Waals surface area contributed by atoms with Gasteiger partial charge in [0.2, 0.25) is 6.29 Å². The molecule has 1 rings (SSSR count). The first-order valence-electron chi connectivity index (χ1n) is 7.08. The van der Waals surface area contributed by atoms with E-state index in [-0.39, 0.29) is 23.6 Å². The predicted octanol–water partition coefficient (Wildman–Crippen LogP) is 3.32. The van der Waals surface area contributed by atoms with Gasteiger partial charge in [-0.05, 0) is 46.3 Å². The van der Waals surface area contributed by atoms with E-state index in [1.54, 1.807) is 0 Å². The zero-order valence-corrected chi connectivity index (χ0v) is 14.3. The third kappa shape index (κ3) is 4.89. The van der Waals surface area contributed by atoms with E-state index in [4.69, 9.17) is 13.9 Å². The molecular weight excluding hydrogens is 260 g/mol. The monoisotopic (exact) mass is 288 g/mol. The van der Waals surface area contributed by atoms with Gasteiger partial charge in [0.15, 0.2) is 8.32 Å². The zero-order chi connectivity index (χ0) is 14.8. The van der Waals surface area contributed by atoms with Crippen molar-refractivity contribution in [1.82, 2.24) is 0 Å². The van der Waals surface area contributed by atoms with Gasteiger partial charge in [0, 0.05) is 6.92 Å². The molecule has 0 radical (unpaired) electrons. The average Bonchev–Trinajstić information content (AvgIpc) is 2.56. The highest BCUT2D eigenvalue weighted by molar-refractivity contribution is 6.69. The number of hydrogen-bond donors (Lipinski definition) is 0. The van der Waals surface area contributed by atoms with Crippen molar-refractivity contribution in [2.75, 3.05) is 0 Å². The molecular formula is C14H28O4Si. The van der Waals surface area contributed by atoms with Gasteiger partial charge in [-0.3, -0.25) is 4.79 Å². The van der Waals surface area contributed by atoms with E-state index in [1.165, 1.54) is 6.92 Å². The third-order valence-corrected chi connectivity index (χ3v) is 4.51. The highest BCUT2D eigenvalue weighted by Gasteiger charge is 2.47. The van der Waals surface area contributed by atoms with E-state index in [1.807, 2.05) is 0 Å². The second-order valence-electron chi connectivity index (χ2n) is 6.80. The maximum absolute atomic E-state index is 11.2. The SMILES string of the molecule is CC[C@@H]1C[C@@H](C(C)(C)O[Si](C)(C)C)C(OC(C)=O)O1. The van der Waals surface area contributed by atoms with Crippen molar-refractivity contribution in [2.24, 2.45) is 5.92 Å². The van der Waals surface area contributed by atoms with E-state index in [9.17, 15) is 4.79 Å². The fraction of sp³-hybridized carbons (Fsp3) is 0.929. The van der Waals surface area contributed by atoms with Crippen molar-refractivity contribution < 1.29 is 18.7 Å². The molecule has 1 fully saturated rings. The van der Waals surface area contributed by atoms with Crippen molar-refractivity contribution in [3.05, 3.63) is 0 Å². The molecule has 4 nitrogen and oxygen atoms in total. The summed E-state index contributed by atoms with van der Waals surface area (Å²) in [7, 11) is -1.66. The van der Waals surface area contributed by atoms with E-state index >= 15 is 0 Å². The molecule has 0 aromatic carbocycles. The molecule has 1 unspecified atom stereocenters. The summed E-state index contributed by atoms with van der Waals surface area (Å²) >= 11 is 0. The van der Waals surface area contributed by atoms with Crippen LogP contribution < -0.4 is 0 Å². The van der Waals surface area contributed by atoms with Crippen LogP contribution in [0.15, 0.2) is 0 Å². The van der Waals surface area contributed by atoms with Crippen molar-refractivity contribution in [1.29, 1.82) is 0 Å². The van der Waals surface area contributed by atoms with Crippen LogP contribution in [0, 0.1) is 5.92 Å². The summed E-state index contributed by atoms with van der Waals surface area (Å²) < 4.78 is 17.4. The molecule has 0 amide bonds. The molecule has 3 atom stereocenters. The van der Waals surface area contributed by atoms with Gasteiger partial charge in [-0.15, -0.1) is 0 Å².